The van der Waals surface area contributed by atoms with Crippen LogP contribution in [0.3, 0.4) is 0 Å². The van der Waals surface area contributed by atoms with Crippen LogP contribution < -0.4 is 10.1 Å². The lowest BCUT2D eigenvalue weighted by atomic mass is 9.98. The lowest BCUT2D eigenvalue weighted by molar-refractivity contribution is -0.143. The fraction of sp³-hybridized carbons (Fsp3) is 0.500. The van der Waals surface area contributed by atoms with Crippen molar-refractivity contribution in [1.82, 2.24) is 5.32 Å². The van der Waals surface area contributed by atoms with Crippen molar-refractivity contribution in [3.05, 3.63) is 29.8 Å². The Kier molecular flexibility index (Phi) is 4.29. The van der Waals surface area contributed by atoms with E-state index in [0.717, 1.165) is 18.1 Å². The van der Waals surface area contributed by atoms with E-state index in [9.17, 15) is 14.7 Å². The Morgan fingerprint density at radius 1 is 1.32 bits per heavy atom. The smallest absolute Gasteiger partial charge is 0.330 e. The maximum atomic E-state index is 12.3. The summed E-state index contributed by atoms with van der Waals surface area (Å²) in [5.41, 5.74) is -0.681. The molecule has 1 heterocycles. The molecular weight excluding hydrogens is 302 g/mol. The highest BCUT2D eigenvalue weighted by Crippen LogP contribution is 2.30. The van der Waals surface area contributed by atoms with Crippen LogP contribution in [0.2, 0.25) is 0 Å². The molecule has 118 valence electrons. The first-order chi connectivity index (χ1) is 10.6. The van der Waals surface area contributed by atoms with E-state index in [1.54, 1.807) is 36.0 Å². The van der Waals surface area contributed by atoms with Crippen molar-refractivity contribution in [3.8, 4) is 5.75 Å². The number of amides is 1. The third kappa shape index (κ3) is 3.38. The van der Waals surface area contributed by atoms with Crippen LogP contribution in [0.4, 0.5) is 0 Å². The fourth-order valence-electron chi connectivity index (χ4n) is 2.38. The van der Waals surface area contributed by atoms with Crippen LogP contribution in [0.5, 0.6) is 5.75 Å². The third-order valence-corrected chi connectivity index (χ3v) is 5.27. The zero-order valence-corrected chi connectivity index (χ0v) is 13.0. The molecule has 1 unspecified atom stereocenters. The van der Waals surface area contributed by atoms with Crippen molar-refractivity contribution in [2.45, 2.75) is 24.8 Å². The number of nitrogens with one attached hydrogen (secondary N) is 1. The number of thioether (sulfide) groups is 1. The number of carbonyl (C=O) groups excluding carboxylic acids is 1. The number of rotatable bonds is 6. The molecule has 1 aliphatic carbocycles. The summed E-state index contributed by atoms with van der Waals surface area (Å²) in [4.78, 5) is 23.7. The van der Waals surface area contributed by atoms with Crippen molar-refractivity contribution in [3.63, 3.8) is 0 Å². The second-order valence-corrected chi connectivity index (χ2v) is 7.03. The van der Waals surface area contributed by atoms with Crippen LogP contribution in [0.25, 0.3) is 0 Å². The molecule has 2 fully saturated rings. The standard InChI is InChI=1S/C16H19NO4S/c18-14(17-16(15(19)20)7-8-22-10-16)12-3-5-13(6-4-12)21-9-11-1-2-11/h3-6,11H,1-2,7-10H2,(H,17,18)(H,19,20). The molecule has 1 saturated carbocycles. The molecule has 3 rings (SSSR count). The van der Waals surface area contributed by atoms with Crippen LogP contribution in [-0.4, -0.2) is 40.6 Å². The summed E-state index contributed by atoms with van der Waals surface area (Å²) in [5, 5.41) is 12.1. The fourth-order valence-corrected chi connectivity index (χ4v) is 3.70. The van der Waals surface area contributed by atoms with Gasteiger partial charge >= 0.3 is 5.97 Å². The normalized spacial score (nSPS) is 24.0. The number of hydrogen-bond donors (Lipinski definition) is 2. The van der Waals surface area contributed by atoms with Crippen molar-refractivity contribution < 1.29 is 19.4 Å². The molecule has 2 N–H and O–H groups in total. The molecule has 1 atom stereocenters. The molecule has 2 aliphatic rings. The summed E-state index contributed by atoms with van der Waals surface area (Å²) in [7, 11) is 0. The van der Waals surface area contributed by atoms with E-state index in [2.05, 4.69) is 5.32 Å². The van der Waals surface area contributed by atoms with Crippen molar-refractivity contribution >= 4 is 23.6 Å². The molecule has 0 bridgehead atoms. The van der Waals surface area contributed by atoms with Crippen molar-refractivity contribution in [1.29, 1.82) is 0 Å². The van der Waals surface area contributed by atoms with E-state index >= 15 is 0 Å². The summed E-state index contributed by atoms with van der Waals surface area (Å²) in [6.07, 6.45) is 2.92. The second kappa shape index (κ2) is 6.20. The van der Waals surface area contributed by atoms with Gasteiger partial charge in [0.15, 0.2) is 0 Å². The number of carboxylic acids is 1. The van der Waals surface area contributed by atoms with Gasteiger partial charge in [-0.1, -0.05) is 0 Å². The number of aliphatic carboxylic acids is 1. The molecule has 5 nitrogen and oxygen atoms in total. The minimum atomic E-state index is -1.14. The molecule has 22 heavy (non-hydrogen) atoms. The summed E-state index contributed by atoms with van der Waals surface area (Å²) >= 11 is 1.55. The SMILES string of the molecule is O=C(NC1(C(=O)O)CCSC1)c1ccc(OCC2CC2)cc1. The van der Waals surface area contributed by atoms with E-state index < -0.39 is 11.5 Å². The Bertz CT molecular complexity index is 562. The topological polar surface area (TPSA) is 75.6 Å². The van der Waals surface area contributed by atoms with E-state index in [4.69, 9.17) is 4.74 Å². The van der Waals surface area contributed by atoms with Gasteiger partial charge in [0.25, 0.3) is 5.91 Å². The molecule has 1 aliphatic heterocycles. The predicted molar refractivity (Wildman–Crippen MR) is 84.4 cm³/mol. The van der Waals surface area contributed by atoms with Crippen molar-refractivity contribution in [2.75, 3.05) is 18.1 Å². The van der Waals surface area contributed by atoms with Gasteiger partial charge in [-0.2, -0.15) is 11.8 Å². The summed E-state index contributed by atoms with van der Waals surface area (Å²) in [6.45, 7) is 0.727. The van der Waals surface area contributed by atoms with Gasteiger partial charge < -0.3 is 15.2 Å². The Morgan fingerprint density at radius 3 is 2.59 bits per heavy atom. The predicted octanol–water partition coefficient (Wildman–Crippen LogP) is 2.17. The first-order valence-electron chi connectivity index (χ1n) is 7.46. The van der Waals surface area contributed by atoms with E-state index in [0.29, 0.717) is 23.7 Å². The molecule has 0 aromatic heterocycles. The zero-order valence-electron chi connectivity index (χ0n) is 12.2. The van der Waals surface area contributed by atoms with E-state index in [-0.39, 0.29) is 5.91 Å². The van der Waals surface area contributed by atoms with Crippen LogP contribution in [0.15, 0.2) is 24.3 Å². The Morgan fingerprint density at radius 2 is 2.05 bits per heavy atom. The highest BCUT2D eigenvalue weighted by molar-refractivity contribution is 7.99. The third-order valence-electron chi connectivity index (χ3n) is 4.08. The van der Waals surface area contributed by atoms with E-state index in [1.165, 1.54) is 12.8 Å². The van der Waals surface area contributed by atoms with Crippen LogP contribution >= 0.6 is 11.8 Å². The number of carboxylic acid groups (broad SMARTS) is 1. The Labute approximate surface area is 133 Å². The highest BCUT2D eigenvalue weighted by atomic mass is 32.2. The maximum absolute atomic E-state index is 12.3. The Balaban J connectivity index is 1.62. The monoisotopic (exact) mass is 321 g/mol. The second-order valence-electron chi connectivity index (χ2n) is 5.92. The van der Waals surface area contributed by atoms with Gasteiger partial charge in [0.1, 0.15) is 11.3 Å². The maximum Gasteiger partial charge on any atom is 0.330 e. The number of carbonyl (C=O) groups is 2. The highest BCUT2D eigenvalue weighted by Gasteiger charge is 2.43. The van der Waals surface area contributed by atoms with Crippen LogP contribution in [0, 0.1) is 5.92 Å². The number of ether oxygens (including phenoxy) is 1. The lowest BCUT2D eigenvalue weighted by Gasteiger charge is -2.24. The lowest BCUT2D eigenvalue weighted by Crippen LogP contribution is -2.54. The van der Waals surface area contributed by atoms with Gasteiger partial charge in [-0.3, -0.25) is 4.79 Å². The van der Waals surface area contributed by atoms with Gasteiger partial charge in [-0.25, -0.2) is 4.79 Å². The van der Waals surface area contributed by atoms with Gasteiger partial charge in [0.05, 0.1) is 6.61 Å². The van der Waals surface area contributed by atoms with E-state index in [1.807, 2.05) is 0 Å². The molecule has 1 amide bonds. The average molecular weight is 321 g/mol. The first kappa shape index (κ1) is 15.2. The molecule has 1 aromatic carbocycles. The quantitative estimate of drug-likeness (QED) is 0.840. The van der Waals surface area contributed by atoms with Gasteiger partial charge in [-0.15, -0.1) is 0 Å². The molecule has 1 saturated heterocycles. The number of hydrogen-bond acceptors (Lipinski definition) is 4. The summed E-state index contributed by atoms with van der Waals surface area (Å²) in [5.74, 6) is 1.27. The zero-order chi connectivity index (χ0) is 15.6. The number of benzene rings is 1. The Hall–Kier alpha value is -1.69. The minimum Gasteiger partial charge on any atom is -0.493 e. The van der Waals surface area contributed by atoms with Gasteiger partial charge in [-0.05, 0) is 55.2 Å². The summed E-state index contributed by atoms with van der Waals surface area (Å²) in [6, 6.07) is 6.87. The minimum absolute atomic E-state index is 0.348. The average Bonchev–Trinajstić information content (AvgIpc) is 3.23. The summed E-state index contributed by atoms with van der Waals surface area (Å²) < 4.78 is 5.63. The van der Waals surface area contributed by atoms with Crippen LogP contribution in [-0.2, 0) is 4.79 Å². The molecule has 6 heteroatoms. The molecule has 0 spiro atoms. The van der Waals surface area contributed by atoms with Gasteiger partial charge in [0.2, 0.25) is 0 Å². The largest absolute Gasteiger partial charge is 0.493 e. The van der Waals surface area contributed by atoms with Crippen molar-refractivity contribution in [2.24, 2.45) is 5.92 Å². The molecular formula is C16H19NO4S. The van der Waals surface area contributed by atoms with Crippen LogP contribution in [0.1, 0.15) is 29.6 Å². The molecule has 0 radical (unpaired) electrons. The van der Waals surface area contributed by atoms with Gasteiger partial charge in [0, 0.05) is 11.3 Å². The molecule has 1 aromatic rings. The first-order valence-corrected chi connectivity index (χ1v) is 8.61.